The van der Waals surface area contributed by atoms with Gasteiger partial charge in [-0.1, -0.05) is 78.9 Å². The molecule has 152 valence electrons. The van der Waals surface area contributed by atoms with Crippen LogP contribution in [0.15, 0.2) is 78.9 Å². The molecule has 4 rings (SSSR count). The zero-order valence-electron chi connectivity index (χ0n) is 16.1. The highest BCUT2D eigenvalue weighted by Gasteiger charge is 2.32. The van der Waals surface area contributed by atoms with Crippen molar-refractivity contribution in [3.63, 3.8) is 0 Å². The van der Waals surface area contributed by atoms with E-state index in [1.165, 1.54) is 0 Å². The Morgan fingerprint density at radius 1 is 0.867 bits per heavy atom. The maximum absolute atomic E-state index is 12.4. The first-order chi connectivity index (χ1) is 14.6. The number of hydrogen-bond acceptors (Lipinski definition) is 4. The van der Waals surface area contributed by atoms with Gasteiger partial charge >= 0.3 is 12.1 Å². The van der Waals surface area contributed by atoms with Crippen molar-refractivity contribution in [1.82, 2.24) is 5.32 Å². The van der Waals surface area contributed by atoms with Gasteiger partial charge in [0.1, 0.15) is 12.7 Å². The van der Waals surface area contributed by atoms with Crippen LogP contribution in [0.2, 0.25) is 0 Å². The first-order valence-electron chi connectivity index (χ1n) is 9.63. The molecule has 0 saturated carbocycles. The summed E-state index contributed by atoms with van der Waals surface area (Å²) in [5.41, 5.74) is 4.72. The van der Waals surface area contributed by atoms with Crippen molar-refractivity contribution in [2.24, 2.45) is 0 Å². The monoisotopic (exact) mass is 403 g/mol. The Morgan fingerprint density at radius 3 is 1.97 bits per heavy atom. The quantitative estimate of drug-likeness (QED) is 0.583. The Balaban J connectivity index is 1.46. The zero-order chi connectivity index (χ0) is 21.1. The summed E-state index contributed by atoms with van der Waals surface area (Å²) in [5, 5.41) is 22.1. The van der Waals surface area contributed by atoms with E-state index in [9.17, 15) is 19.8 Å². The molecule has 3 aromatic carbocycles. The number of carboxylic acids is 1. The molecule has 6 heteroatoms. The summed E-state index contributed by atoms with van der Waals surface area (Å²) in [6.45, 7) is 0.0631. The number of nitrogens with one attached hydrogen (secondary N) is 1. The molecular weight excluding hydrogens is 382 g/mol. The molecule has 0 aliphatic heterocycles. The molecule has 2 atom stereocenters. The fraction of sp³-hybridized carbons (Fsp3) is 0.167. The fourth-order valence-electron chi connectivity index (χ4n) is 3.89. The Morgan fingerprint density at radius 2 is 1.40 bits per heavy atom. The second-order valence-corrected chi connectivity index (χ2v) is 7.14. The lowest BCUT2D eigenvalue weighted by Gasteiger charge is -2.21. The standard InChI is InChI=1S/C24H21NO5/c26-22(15-8-2-1-3-9-15)21(23(27)28)25-24(29)30-14-20-18-12-6-4-10-16(18)17-11-5-7-13-19(17)20/h1-13,20-22,26H,14H2,(H,25,29)(H,27,28)/t21-,22?/m0/s1. The van der Waals surface area contributed by atoms with Crippen LogP contribution in [0.5, 0.6) is 0 Å². The molecule has 0 aromatic heterocycles. The van der Waals surface area contributed by atoms with Gasteiger partial charge in [0.05, 0.1) is 0 Å². The molecule has 1 aliphatic rings. The van der Waals surface area contributed by atoms with Gasteiger partial charge < -0.3 is 20.3 Å². The fourth-order valence-corrected chi connectivity index (χ4v) is 3.89. The van der Waals surface area contributed by atoms with Crippen molar-refractivity contribution in [3.05, 3.63) is 95.6 Å². The molecule has 0 spiro atoms. The third kappa shape index (κ3) is 3.77. The molecule has 30 heavy (non-hydrogen) atoms. The summed E-state index contributed by atoms with van der Waals surface area (Å²) in [7, 11) is 0. The van der Waals surface area contributed by atoms with E-state index in [-0.39, 0.29) is 12.5 Å². The van der Waals surface area contributed by atoms with Crippen molar-refractivity contribution in [3.8, 4) is 11.1 Å². The van der Waals surface area contributed by atoms with Gasteiger partial charge in [-0.25, -0.2) is 9.59 Å². The van der Waals surface area contributed by atoms with Gasteiger partial charge in [0, 0.05) is 5.92 Å². The highest BCUT2D eigenvalue weighted by atomic mass is 16.5. The molecule has 1 aliphatic carbocycles. The first kappa shape index (κ1) is 19.7. The van der Waals surface area contributed by atoms with Crippen LogP contribution in [0.25, 0.3) is 11.1 Å². The molecule has 1 amide bonds. The summed E-state index contributed by atoms with van der Waals surface area (Å²) in [5.74, 6) is -1.48. The second kappa shape index (κ2) is 8.39. The maximum atomic E-state index is 12.4. The predicted octanol–water partition coefficient (Wildman–Crippen LogP) is 3.71. The first-order valence-corrected chi connectivity index (χ1v) is 9.63. The lowest BCUT2D eigenvalue weighted by atomic mass is 9.98. The number of carboxylic acid groups (broad SMARTS) is 1. The summed E-state index contributed by atoms with van der Waals surface area (Å²) in [6.07, 6.45) is -2.29. The van der Waals surface area contributed by atoms with Crippen molar-refractivity contribution in [2.75, 3.05) is 6.61 Å². The number of hydrogen-bond donors (Lipinski definition) is 3. The number of fused-ring (bicyclic) bond motifs is 3. The largest absolute Gasteiger partial charge is 0.480 e. The highest BCUT2D eigenvalue weighted by Crippen LogP contribution is 2.44. The van der Waals surface area contributed by atoms with E-state index in [1.807, 2.05) is 48.5 Å². The molecule has 3 N–H and O–H groups in total. The smallest absolute Gasteiger partial charge is 0.407 e. The molecule has 0 radical (unpaired) electrons. The second-order valence-electron chi connectivity index (χ2n) is 7.14. The van der Waals surface area contributed by atoms with E-state index in [0.717, 1.165) is 22.3 Å². The minimum Gasteiger partial charge on any atom is -0.480 e. The molecule has 0 fully saturated rings. The number of carbonyl (C=O) groups is 2. The van der Waals surface area contributed by atoms with E-state index < -0.39 is 24.2 Å². The summed E-state index contributed by atoms with van der Waals surface area (Å²) in [4.78, 5) is 24.0. The number of carbonyl (C=O) groups excluding carboxylic acids is 1. The average molecular weight is 403 g/mol. The number of amides is 1. The number of benzene rings is 3. The van der Waals surface area contributed by atoms with E-state index >= 15 is 0 Å². The van der Waals surface area contributed by atoms with Crippen LogP contribution >= 0.6 is 0 Å². The predicted molar refractivity (Wildman–Crippen MR) is 111 cm³/mol. The van der Waals surface area contributed by atoms with Crippen LogP contribution in [0.3, 0.4) is 0 Å². The van der Waals surface area contributed by atoms with Gasteiger partial charge in [-0.2, -0.15) is 0 Å². The molecule has 0 heterocycles. The summed E-state index contributed by atoms with van der Waals surface area (Å²) >= 11 is 0. The van der Waals surface area contributed by atoms with Crippen LogP contribution in [-0.4, -0.2) is 34.9 Å². The molecule has 0 bridgehead atoms. The van der Waals surface area contributed by atoms with Crippen molar-refractivity contribution in [2.45, 2.75) is 18.1 Å². The van der Waals surface area contributed by atoms with Gasteiger partial charge in [0.2, 0.25) is 0 Å². The van der Waals surface area contributed by atoms with Gasteiger partial charge in [0.15, 0.2) is 6.04 Å². The van der Waals surface area contributed by atoms with Crippen LogP contribution in [-0.2, 0) is 9.53 Å². The summed E-state index contributed by atoms with van der Waals surface area (Å²) < 4.78 is 5.38. The molecule has 6 nitrogen and oxygen atoms in total. The number of ether oxygens (including phenoxy) is 1. The molecule has 1 unspecified atom stereocenters. The van der Waals surface area contributed by atoms with E-state index in [2.05, 4.69) is 5.32 Å². The SMILES string of the molecule is O=C(N[C@H](C(=O)O)C(O)c1ccccc1)OCC1c2ccccc2-c2ccccc21. The lowest BCUT2D eigenvalue weighted by Crippen LogP contribution is -2.45. The third-order valence-corrected chi connectivity index (χ3v) is 5.34. The number of aliphatic hydroxyl groups excluding tert-OH is 1. The third-order valence-electron chi connectivity index (χ3n) is 5.34. The minimum atomic E-state index is -1.52. The number of rotatable bonds is 6. The minimum absolute atomic E-state index is 0.0631. The van der Waals surface area contributed by atoms with Crippen LogP contribution in [0.1, 0.15) is 28.7 Å². The summed E-state index contributed by atoms with van der Waals surface area (Å²) in [6, 6.07) is 22.7. The van der Waals surface area contributed by atoms with E-state index in [4.69, 9.17) is 4.74 Å². The van der Waals surface area contributed by atoms with Gasteiger partial charge in [0.25, 0.3) is 0 Å². The molecular formula is C24H21NO5. The van der Waals surface area contributed by atoms with Crippen molar-refractivity contribution < 1.29 is 24.5 Å². The van der Waals surface area contributed by atoms with Gasteiger partial charge in [-0.05, 0) is 27.8 Å². The normalized spacial score (nSPS) is 14.3. The number of alkyl carbamates (subject to hydrolysis) is 1. The molecule has 3 aromatic rings. The lowest BCUT2D eigenvalue weighted by molar-refractivity contribution is -0.142. The Bertz CT molecular complexity index is 1020. The Hall–Kier alpha value is -3.64. The van der Waals surface area contributed by atoms with Crippen LogP contribution in [0, 0.1) is 0 Å². The van der Waals surface area contributed by atoms with Crippen LogP contribution < -0.4 is 5.32 Å². The average Bonchev–Trinajstić information content (AvgIpc) is 3.10. The van der Waals surface area contributed by atoms with Crippen LogP contribution in [0.4, 0.5) is 4.79 Å². The van der Waals surface area contributed by atoms with Crippen molar-refractivity contribution in [1.29, 1.82) is 0 Å². The topological polar surface area (TPSA) is 95.9 Å². The maximum Gasteiger partial charge on any atom is 0.407 e. The van der Waals surface area contributed by atoms with Gasteiger partial charge in [-0.3, -0.25) is 0 Å². The number of aliphatic carboxylic acids is 1. The van der Waals surface area contributed by atoms with E-state index in [1.54, 1.807) is 30.3 Å². The molecule has 0 saturated heterocycles. The van der Waals surface area contributed by atoms with Gasteiger partial charge in [-0.15, -0.1) is 0 Å². The number of aliphatic hydroxyl groups is 1. The van der Waals surface area contributed by atoms with E-state index in [0.29, 0.717) is 5.56 Å². The van der Waals surface area contributed by atoms with Crippen molar-refractivity contribution >= 4 is 12.1 Å². The highest BCUT2D eigenvalue weighted by molar-refractivity contribution is 5.81. The zero-order valence-corrected chi connectivity index (χ0v) is 16.1. The Kier molecular flexibility index (Phi) is 5.50. The Labute approximate surface area is 173 Å².